The van der Waals surface area contributed by atoms with Gasteiger partial charge < -0.3 is 0 Å². The van der Waals surface area contributed by atoms with Crippen molar-refractivity contribution >= 4 is 28.6 Å². The van der Waals surface area contributed by atoms with E-state index in [0.29, 0.717) is 5.92 Å². The van der Waals surface area contributed by atoms with E-state index in [4.69, 9.17) is 0 Å². The fourth-order valence-corrected chi connectivity index (χ4v) is 3.75. The molecule has 16 heavy (non-hydrogen) atoms. The van der Waals surface area contributed by atoms with Crippen LogP contribution < -0.4 is 0 Å². The minimum Gasteiger partial charge on any atom is -0.177 e. The first kappa shape index (κ1) is 10.2. The van der Waals surface area contributed by atoms with Crippen molar-refractivity contribution in [3.63, 3.8) is 0 Å². The van der Waals surface area contributed by atoms with Gasteiger partial charge in [-0.2, -0.15) is 8.75 Å². The lowest BCUT2D eigenvalue weighted by atomic mass is 9.90. The van der Waals surface area contributed by atoms with Gasteiger partial charge in [0.2, 0.25) is 0 Å². The zero-order chi connectivity index (χ0) is 11.1. The molecule has 2 heterocycles. The molecular formula is C12H12N2S2. The van der Waals surface area contributed by atoms with Crippen LogP contribution in [-0.4, -0.2) is 8.75 Å². The molecule has 4 heteroatoms. The highest BCUT2D eigenvalue weighted by Gasteiger charge is 2.26. The zero-order valence-electron chi connectivity index (χ0n) is 9.23. The molecule has 2 nitrogen and oxygen atoms in total. The Balaban J connectivity index is 2.07. The largest absolute Gasteiger partial charge is 0.177 e. The summed E-state index contributed by atoms with van der Waals surface area (Å²) >= 11 is 3.20. The number of aryl methyl sites for hydroxylation is 1. The van der Waals surface area contributed by atoms with E-state index in [-0.39, 0.29) is 0 Å². The monoisotopic (exact) mass is 248 g/mol. The molecule has 0 aliphatic heterocycles. The molecule has 0 fully saturated rings. The summed E-state index contributed by atoms with van der Waals surface area (Å²) in [5.41, 5.74) is 3.55. The Morgan fingerprint density at radius 2 is 2.12 bits per heavy atom. The third kappa shape index (κ3) is 1.53. The Kier molecular flexibility index (Phi) is 2.41. The third-order valence-corrected chi connectivity index (χ3v) is 4.64. The van der Waals surface area contributed by atoms with Crippen LogP contribution in [0, 0.1) is 6.92 Å². The Morgan fingerprint density at radius 1 is 1.25 bits per heavy atom. The first-order valence-corrected chi connectivity index (χ1v) is 6.86. The van der Waals surface area contributed by atoms with Crippen LogP contribution in [0.1, 0.15) is 40.4 Å². The molecule has 0 amide bonds. The molecule has 3 rings (SSSR count). The molecule has 82 valence electrons. The molecule has 0 N–H and O–H groups in total. The summed E-state index contributed by atoms with van der Waals surface area (Å²) in [4.78, 5) is 2.78. The smallest absolute Gasteiger partial charge is 0.103 e. The first-order valence-electron chi connectivity index (χ1n) is 5.31. The van der Waals surface area contributed by atoms with E-state index < -0.39 is 0 Å². The van der Waals surface area contributed by atoms with E-state index >= 15 is 0 Å². The standard InChI is InChI=1S/C12H12N2S2/c1-7-3-5-9(10-6-4-8(2)15-10)12-11(7)13-16-14-12/h3-4,6,9H,5H2,1-2H3. The Bertz CT molecular complexity index is 551. The fraction of sp³-hybridized carbons (Fsp3) is 0.333. The number of rotatable bonds is 1. The Hall–Kier alpha value is -1.00. The molecule has 1 unspecified atom stereocenters. The molecule has 1 atom stereocenters. The second-order valence-corrected chi connectivity index (χ2v) is 5.97. The normalized spacial score (nSPS) is 19.4. The summed E-state index contributed by atoms with van der Waals surface area (Å²) in [6.07, 6.45) is 3.34. The SMILES string of the molecule is CC1=CCC(c2ccc(C)s2)c2nsnc21. The second-order valence-electron chi connectivity index (χ2n) is 4.12. The van der Waals surface area contributed by atoms with Crippen LogP contribution in [0.15, 0.2) is 18.2 Å². The van der Waals surface area contributed by atoms with Gasteiger partial charge in [0.25, 0.3) is 0 Å². The Labute approximate surface area is 103 Å². The van der Waals surface area contributed by atoms with Gasteiger partial charge in [-0.1, -0.05) is 6.08 Å². The van der Waals surface area contributed by atoms with Crippen molar-refractivity contribution in [1.29, 1.82) is 0 Å². The van der Waals surface area contributed by atoms with E-state index in [1.807, 2.05) is 11.3 Å². The molecule has 0 saturated carbocycles. The number of fused-ring (bicyclic) bond motifs is 1. The van der Waals surface area contributed by atoms with Gasteiger partial charge >= 0.3 is 0 Å². The molecule has 0 saturated heterocycles. The molecule has 0 radical (unpaired) electrons. The van der Waals surface area contributed by atoms with Crippen molar-refractivity contribution in [2.24, 2.45) is 0 Å². The molecule has 1 aliphatic rings. The predicted octanol–water partition coefficient (Wildman–Crippen LogP) is 3.85. The Morgan fingerprint density at radius 3 is 2.88 bits per heavy atom. The van der Waals surface area contributed by atoms with E-state index in [9.17, 15) is 0 Å². The number of hydrogen-bond acceptors (Lipinski definition) is 4. The lowest BCUT2D eigenvalue weighted by molar-refractivity contribution is 0.805. The molecule has 1 aliphatic carbocycles. The van der Waals surface area contributed by atoms with Crippen LogP contribution in [0.4, 0.5) is 0 Å². The number of hydrogen-bond donors (Lipinski definition) is 0. The average molecular weight is 248 g/mol. The van der Waals surface area contributed by atoms with Crippen molar-refractivity contribution < 1.29 is 0 Å². The molecule has 0 spiro atoms. The van der Waals surface area contributed by atoms with E-state index in [1.165, 1.54) is 32.7 Å². The topological polar surface area (TPSA) is 25.8 Å². The number of aromatic nitrogens is 2. The van der Waals surface area contributed by atoms with E-state index in [0.717, 1.165) is 12.1 Å². The maximum Gasteiger partial charge on any atom is 0.103 e. The van der Waals surface area contributed by atoms with Crippen LogP contribution in [0.3, 0.4) is 0 Å². The summed E-state index contributed by atoms with van der Waals surface area (Å²) in [6, 6.07) is 4.41. The highest BCUT2D eigenvalue weighted by Crippen LogP contribution is 2.39. The quantitative estimate of drug-likeness (QED) is 0.766. The molecular weight excluding hydrogens is 236 g/mol. The lowest BCUT2D eigenvalue weighted by Gasteiger charge is -2.17. The van der Waals surface area contributed by atoms with Gasteiger partial charge in [-0.3, -0.25) is 0 Å². The summed E-state index contributed by atoms with van der Waals surface area (Å²) in [5, 5.41) is 0. The van der Waals surface area contributed by atoms with Gasteiger partial charge in [0, 0.05) is 15.7 Å². The maximum absolute atomic E-state index is 4.47. The third-order valence-electron chi connectivity index (χ3n) is 2.98. The zero-order valence-corrected chi connectivity index (χ0v) is 10.9. The number of allylic oxidation sites excluding steroid dienone is 2. The van der Waals surface area contributed by atoms with E-state index in [2.05, 4.69) is 40.8 Å². The minimum absolute atomic E-state index is 0.427. The minimum atomic E-state index is 0.427. The highest BCUT2D eigenvalue weighted by molar-refractivity contribution is 7.12. The molecule has 2 aromatic rings. The first-order chi connectivity index (χ1) is 7.75. The fourth-order valence-electron chi connectivity index (χ4n) is 2.09. The van der Waals surface area contributed by atoms with Crippen molar-refractivity contribution in [1.82, 2.24) is 8.75 Å². The maximum atomic E-state index is 4.47. The van der Waals surface area contributed by atoms with Crippen LogP contribution in [0.25, 0.3) is 5.57 Å². The summed E-state index contributed by atoms with van der Waals surface area (Å²) in [7, 11) is 0. The average Bonchev–Trinajstić information content (AvgIpc) is 2.87. The van der Waals surface area contributed by atoms with E-state index in [1.54, 1.807) is 0 Å². The van der Waals surface area contributed by atoms with Crippen molar-refractivity contribution in [3.05, 3.63) is 39.4 Å². The number of thiophene rings is 1. The highest BCUT2D eigenvalue weighted by atomic mass is 32.1. The van der Waals surface area contributed by atoms with Gasteiger partial charge in [0.1, 0.15) is 5.69 Å². The molecule has 0 bridgehead atoms. The molecule has 2 aromatic heterocycles. The summed E-state index contributed by atoms with van der Waals surface area (Å²) in [6.45, 7) is 4.27. The second kappa shape index (κ2) is 3.79. The molecule has 0 aromatic carbocycles. The summed E-state index contributed by atoms with van der Waals surface area (Å²) < 4.78 is 8.86. The van der Waals surface area contributed by atoms with Gasteiger partial charge in [0.15, 0.2) is 0 Å². The van der Waals surface area contributed by atoms with Gasteiger partial charge in [-0.25, -0.2) is 0 Å². The lowest BCUT2D eigenvalue weighted by Crippen LogP contribution is -2.06. The van der Waals surface area contributed by atoms with Crippen molar-refractivity contribution in [2.75, 3.05) is 0 Å². The van der Waals surface area contributed by atoms with Crippen LogP contribution in [0.2, 0.25) is 0 Å². The van der Waals surface area contributed by atoms with Crippen LogP contribution >= 0.6 is 23.1 Å². The number of nitrogens with zero attached hydrogens (tertiary/aromatic N) is 2. The van der Waals surface area contributed by atoms with Crippen molar-refractivity contribution in [3.8, 4) is 0 Å². The van der Waals surface area contributed by atoms with Crippen LogP contribution in [-0.2, 0) is 0 Å². The van der Waals surface area contributed by atoms with Gasteiger partial charge in [0.05, 0.1) is 17.4 Å². The predicted molar refractivity (Wildman–Crippen MR) is 69.1 cm³/mol. The van der Waals surface area contributed by atoms with Gasteiger partial charge in [-0.15, -0.1) is 11.3 Å². The van der Waals surface area contributed by atoms with Crippen molar-refractivity contribution in [2.45, 2.75) is 26.2 Å². The van der Waals surface area contributed by atoms with Gasteiger partial charge in [-0.05, 0) is 38.0 Å². The summed E-state index contributed by atoms with van der Waals surface area (Å²) in [5.74, 6) is 0.427. The van der Waals surface area contributed by atoms with Crippen LogP contribution in [0.5, 0.6) is 0 Å².